The van der Waals surface area contributed by atoms with E-state index in [9.17, 15) is 0 Å². The summed E-state index contributed by atoms with van der Waals surface area (Å²) in [6.07, 6.45) is 2.21. The van der Waals surface area contributed by atoms with Crippen molar-refractivity contribution < 1.29 is 24.1 Å². The first-order chi connectivity index (χ1) is 14.6. The summed E-state index contributed by atoms with van der Waals surface area (Å²) in [4.78, 5) is 0. The van der Waals surface area contributed by atoms with Crippen molar-refractivity contribution >= 4 is 0 Å². The minimum atomic E-state index is -0.113. The van der Waals surface area contributed by atoms with E-state index in [4.69, 9.17) is 24.1 Å². The molecule has 5 heteroatoms. The van der Waals surface area contributed by atoms with Crippen LogP contribution in [0.1, 0.15) is 44.7 Å². The Balaban J connectivity index is 1.81. The molecule has 1 N–H and O–H groups in total. The Labute approximate surface area is 180 Å². The van der Waals surface area contributed by atoms with Crippen LogP contribution >= 0.6 is 0 Å². The summed E-state index contributed by atoms with van der Waals surface area (Å²) < 4.78 is 22.1. The van der Waals surface area contributed by atoms with Crippen LogP contribution in [-0.2, 0) is 14.9 Å². The van der Waals surface area contributed by atoms with Gasteiger partial charge in [-0.2, -0.15) is 0 Å². The zero-order chi connectivity index (χ0) is 21.7. The molecule has 0 radical (unpaired) electrons. The molecule has 5 nitrogen and oxygen atoms in total. The molecule has 0 amide bonds. The zero-order valence-corrected chi connectivity index (χ0v) is 18.6. The molecule has 166 valence electrons. The highest BCUT2D eigenvalue weighted by molar-refractivity contribution is 5.41. The lowest BCUT2D eigenvalue weighted by Gasteiger charge is -2.26. The van der Waals surface area contributed by atoms with E-state index in [2.05, 4.69) is 57.2 Å². The molecule has 0 fully saturated rings. The molecule has 0 bridgehead atoms. The topological polar surface area (TPSA) is 57.2 Å². The molecule has 2 aromatic rings. The Morgan fingerprint density at radius 3 is 1.63 bits per heavy atom. The van der Waals surface area contributed by atoms with Gasteiger partial charge in [-0.3, -0.25) is 0 Å². The van der Waals surface area contributed by atoms with Crippen LogP contribution in [0.3, 0.4) is 0 Å². The first-order valence-corrected chi connectivity index (χ1v) is 10.8. The van der Waals surface area contributed by atoms with Gasteiger partial charge in [0.15, 0.2) is 0 Å². The molecule has 0 heterocycles. The SMILES string of the molecule is CCCCOc1ccc(C(C)(C)c2ccc(OCCOCCOCCO)cc2)cc1. The number of hydrogen-bond donors (Lipinski definition) is 1. The highest BCUT2D eigenvalue weighted by Gasteiger charge is 2.23. The van der Waals surface area contributed by atoms with Gasteiger partial charge in [0.1, 0.15) is 18.1 Å². The highest BCUT2D eigenvalue weighted by atomic mass is 16.5. The average Bonchev–Trinajstić information content (AvgIpc) is 2.76. The molecule has 0 aliphatic rings. The van der Waals surface area contributed by atoms with Crippen LogP contribution in [0.4, 0.5) is 0 Å². The second-order valence-electron chi connectivity index (χ2n) is 7.67. The molecule has 2 rings (SSSR count). The highest BCUT2D eigenvalue weighted by Crippen LogP contribution is 2.33. The van der Waals surface area contributed by atoms with Crippen molar-refractivity contribution in [1.82, 2.24) is 0 Å². The number of ether oxygens (including phenoxy) is 4. The van der Waals surface area contributed by atoms with Crippen LogP contribution in [0.25, 0.3) is 0 Å². The van der Waals surface area contributed by atoms with E-state index in [1.54, 1.807) is 0 Å². The lowest BCUT2D eigenvalue weighted by atomic mass is 9.78. The van der Waals surface area contributed by atoms with Gasteiger partial charge in [-0.05, 0) is 41.8 Å². The van der Waals surface area contributed by atoms with Gasteiger partial charge in [-0.15, -0.1) is 0 Å². The largest absolute Gasteiger partial charge is 0.494 e. The summed E-state index contributed by atoms with van der Waals surface area (Å²) in [5.74, 6) is 1.75. The molecule has 0 aliphatic heterocycles. The first kappa shape index (κ1) is 24.2. The maximum absolute atomic E-state index is 8.62. The maximum Gasteiger partial charge on any atom is 0.119 e. The molecule has 30 heavy (non-hydrogen) atoms. The van der Waals surface area contributed by atoms with Crippen molar-refractivity contribution in [3.63, 3.8) is 0 Å². The Morgan fingerprint density at radius 1 is 0.667 bits per heavy atom. The van der Waals surface area contributed by atoms with Crippen molar-refractivity contribution in [3.05, 3.63) is 59.7 Å². The van der Waals surface area contributed by atoms with Crippen LogP contribution in [0.5, 0.6) is 11.5 Å². The third kappa shape index (κ3) is 7.98. The van der Waals surface area contributed by atoms with E-state index >= 15 is 0 Å². The third-order valence-electron chi connectivity index (χ3n) is 5.02. The van der Waals surface area contributed by atoms with Crippen molar-refractivity contribution in [3.8, 4) is 11.5 Å². The molecule has 0 unspecified atom stereocenters. The lowest BCUT2D eigenvalue weighted by Crippen LogP contribution is -2.18. The molecule has 0 aromatic heterocycles. The van der Waals surface area contributed by atoms with Crippen LogP contribution in [0.2, 0.25) is 0 Å². The zero-order valence-electron chi connectivity index (χ0n) is 18.6. The second kappa shape index (κ2) is 13.3. The predicted molar refractivity (Wildman–Crippen MR) is 120 cm³/mol. The number of aliphatic hydroxyl groups excluding tert-OH is 1. The first-order valence-electron chi connectivity index (χ1n) is 10.8. The van der Waals surface area contributed by atoms with Gasteiger partial charge >= 0.3 is 0 Å². The number of unbranched alkanes of at least 4 members (excludes halogenated alkanes) is 1. The molecular weight excluding hydrogens is 380 g/mol. The lowest BCUT2D eigenvalue weighted by molar-refractivity contribution is 0.0247. The van der Waals surface area contributed by atoms with E-state index in [0.717, 1.165) is 30.9 Å². The maximum atomic E-state index is 8.62. The average molecular weight is 417 g/mol. The van der Waals surface area contributed by atoms with Gasteiger partial charge in [0.2, 0.25) is 0 Å². The fourth-order valence-corrected chi connectivity index (χ4v) is 3.04. The number of aliphatic hydroxyl groups is 1. The number of hydrogen-bond acceptors (Lipinski definition) is 5. The summed E-state index contributed by atoms with van der Waals surface area (Å²) >= 11 is 0. The van der Waals surface area contributed by atoms with Crippen LogP contribution in [0, 0.1) is 0 Å². The second-order valence-corrected chi connectivity index (χ2v) is 7.67. The summed E-state index contributed by atoms with van der Waals surface area (Å²) in [5, 5.41) is 8.62. The van der Waals surface area contributed by atoms with E-state index in [1.165, 1.54) is 11.1 Å². The van der Waals surface area contributed by atoms with Gasteiger partial charge < -0.3 is 24.1 Å². The minimum absolute atomic E-state index is 0.0364. The molecule has 2 aromatic carbocycles. The molecule has 0 spiro atoms. The summed E-state index contributed by atoms with van der Waals surface area (Å²) in [6, 6.07) is 16.6. The molecule has 0 saturated carbocycles. The van der Waals surface area contributed by atoms with E-state index < -0.39 is 0 Å². The molecule has 0 saturated heterocycles. The molecule has 0 aliphatic carbocycles. The number of benzene rings is 2. The Bertz CT molecular complexity index is 694. The van der Waals surface area contributed by atoms with E-state index in [-0.39, 0.29) is 12.0 Å². The summed E-state index contributed by atoms with van der Waals surface area (Å²) in [5.41, 5.74) is 2.36. The summed E-state index contributed by atoms with van der Waals surface area (Å²) in [7, 11) is 0. The Kier molecular flexibility index (Phi) is 10.7. The van der Waals surface area contributed by atoms with Crippen LogP contribution in [0.15, 0.2) is 48.5 Å². The Morgan fingerprint density at radius 2 is 1.13 bits per heavy atom. The van der Waals surface area contributed by atoms with Crippen molar-refractivity contribution in [2.24, 2.45) is 0 Å². The van der Waals surface area contributed by atoms with Gasteiger partial charge in [-0.1, -0.05) is 51.5 Å². The standard InChI is InChI=1S/C25H36O5/c1-4-5-15-29-23-10-6-21(7-11-23)25(2,3)22-8-12-24(13-9-22)30-20-19-28-18-17-27-16-14-26/h6-13,26H,4-5,14-20H2,1-3H3. The fraction of sp³-hybridized carbons (Fsp3) is 0.520. The predicted octanol–water partition coefficient (Wildman–Crippen LogP) is 4.60. The van der Waals surface area contributed by atoms with Crippen molar-refractivity contribution in [2.75, 3.05) is 46.2 Å². The number of rotatable bonds is 15. The quantitative estimate of drug-likeness (QED) is 0.430. The smallest absolute Gasteiger partial charge is 0.119 e. The van der Waals surface area contributed by atoms with Gasteiger partial charge in [0.05, 0.1) is 39.6 Å². The van der Waals surface area contributed by atoms with E-state index in [1.807, 2.05) is 12.1 Å². The molecule has 0 atom stereocenters. The van der Waals surface area contributed by atoms with Crippen molar-refractivity contribution in [1.29, 1.82) is 0 Å². The monoisotopic (exact) mass is 416 g/mol. The normalized spacial score (nSPS) is 11.5. The van der Waals surface area contributed by atoms with E-state index in [0.29, 0.717) is 33.0 Å². The van der Waals surface area contributed by atoms with Crippen LogP contribution < -0.4 is 9.47 Å². The fourth-order valence-electron chi connectivity index (χ4n) is 3.04. The van der Waals surface area contributed by atoms with Crippen molar-refractivity contribution in [2.45, 2.75) is 39.0 Å². The van der Waals surface area contributed by atoms with Gasteiger partial charge in [0.25, 0.3) is 0 Å². The van der Waals surface area contributed by atoms with Gasteiger partial charge in [-0.25, -0.2) is 0 Å². The Hall–Kier alpha value is -2.08. The molecular formula is C25H36O5. The van der Waals surface area contributed by atoms with Crippen LogP contribution in [-0.4, -0.2) is 51.4 Å². The van der Waals surface area contributed by atoms with Gasteiger partial charge in [0, 0.05) is 5.41 Å². The minimum Gasteiger partial charge on any atom is -0.494 e. The third-order valence-corrected chi connectivity index (χ3v) is 5.02. The summed E-state index contributed by atoms with van der Waals surface area (Å²) in [6.45, 7) is 9.74.